The fourth-order valence-electron chi connectivity index (χ4n) is 2.68. The van der Waals surface area contributed by atoms with Gasteiger partial charge in [0, 0.05) is 23.5 Å². The molecular formula is C15H13N3OS2. The van der Waals surface area contributed by atoms with E-state index in [1.165, 1.54) is 21.8 Å². The molecule has 4 nitrogen and oxygen atoms in total. The Morgan fingerprint density at radius 1 is 1.33 bits per heavy atom. The number of aromatic nitrogens is 1. The van der Waals surface area contributed by atoms with Crippen molar-refractivity contribution in [2.24, 2.45) is 0 Å². The highest BCUT2D eigenvalue weighted by atomic mass is 32.1. The van der Waals surface area contributed by atoms with Crippen molar-refractivity contribution in [3.05, 3.63) is 45.6 Å². The van der Waals surface area contributed by atoms with Crippen LogP contribution in [0.25, 0.3) is 10.2 Å². The minimum atomic E-state index is 0.0840. The smallest absolute Gasteiger partial charge is 0.254 e. The topological polar surface area (TPSA) is 59.2 Å². The van der Waals surface area contributed by atoms with Crippen LogP contribution in [0.3, 0.4) is 0 Å². The monoisotopic (exact) mass is 315 g/mol. The van der Waals surface area contributed by atoms with Crippen LogP contribution in [0.2, 0.25) is 0 Å². The number of nitrogen functional groups attached to an aromatic ring is 1. The number of hydrogen-bond acceptors (Lipinski definition) is 5. The van der Waals surface area contributed by atoms with Crippen LogP contribution in [0, 0.1) is 0 Å². The number of anilines is 1. The van der Waals surface area contributed by atoms with Crippen LogP contribution in [-0.4, -0.2) is 22.3 Å². The molecule has 0 radical (unpaired) electrons. The third-order valence-electron chi connectivity index (χ3n) is 3.75. The summed E-state index contributed by atoms with van der Waals surface area (Å²) in [4.78, 5) is 20.2. The van der Waals surface area contributed by atoms with Crippen LogP contribution in [0.15, 0.2) is 29.6 Å². The molecule has 0 spiro atoms. The summed E-state index contributed by atoms with van der Waals surface area (Å²) in [6, 6.07) is 7.73. The van der Waals surface area contributed by atoms with Crippen molar-refractivity contribution < 1.29 is 4.79 Å². The molecule has 0 saturated carbocycles. The van der Waals surface area contributed by atoms with Gasteiger partial charge in [-0.2, -0.15) is 0 Å². The van der Waals surface area contributed by atoms with Gasteiger partial charge in [0.1, 0.15) is 0 Å². The number of hydrogen-bond donors (Lipinski definition) is 1. The maximum absolute atomic E-state index is 12.7. The first-order valence-corrected chi connectivity index (χ1v) is 8.41. The van der Waals surface area contributed by atoms with Gasteiger partial charge in [0.05, 0.1) is 10.2 Å². The third kappa shape index (κ3) is 2.20. The highest BCUT2D eigenvalue weighted by Gasteiger charge is 2.22. The highest BCUT2D eigenvalue weighted by molar-refractivity contribution is 7.22. The maximum atomic E-state index is 12.7. The Labute approximate surface area is 129 Å². The number of amides is 1. The molecule has 0 saturated heterocycles. The Morgan fingerprint density at radius 2 is 2.24 bits per heavy atom. The van der Waals surface area contributed by atoms with Crippen molar-refractivity contribution in [3.63, 3.8) is 0 Å². The zero-order valence-corrected chi connectivity index (χ0v) is 12.8. The molecule has 1 aromatic carbocycles. The average molecular weight is 315 g/mol. The summed E-state index contributed by atoms with van der Waals surface area (Å²) in [5.41, 5.74) is 8.56. The summed E-state index contributed by atoms with van der Waals surface area (Å²) < 4.78 is 0.964. The zero-order chi connectivity index (χ0) is 14.4. The number of rotatable bonds is 1. The average Bonchev–Trinajstić information content (AvgIpc) is 3.09. The van der Waals surface area contributed by atoms with Crippen molar-refractivity contribution in [2.45, 2.75) is 13.0 Å². The molecule has 0 atom stereocenters. The van der Waals surface area contributed by atoms with Gasteiger partial charge in [0.2, 0.25) is 0 Å². The van der Waals surface area contributed by atoms with E-state index in [4.69, 9.17) is 5.73 Å². The Morgan fingerprint density at radius 3 is 3.14 bits per heavy atom. The minimum absolute atomic E-state index is 0.0840. The standard InChI is InChI=1S/C15H13N3OS2/c16-15-17-11-2-1-9(7-13(11)21-15)14(19)18-5-3-12-10(8-18)4-6-20-12/h1-2,4,6-7H,3,5,8H2,(H2,16,17). The van der Waals surface area contributed by atoms with Crippen molar-refractivity contribution in [1.82, 2.24) is 9.88 Å². The lowest BCUT2D eigenvalue weighted by atomic mass is 10.1. The molecule has 0 bridgehead atoms. The molecule has 2 aromatic heterocycles. The van der Waals surface area contributed by atoms with E-state index in [0.717, 1.165) is 23.2 Å². The van der Waals surface area contributed by atoms with E-state index in [9.17, 15) is 4.79 Å². The van der Waals surface area contributed by atoms with E-state index in [1.807, 2.05) is 23.1 Å². The summed E-state index contributed by atoms with van der Waals surface area (Å²) in [7, 11) is 0. The summed E-state index contributed by atoms with van der Waals surface area (Å²) >= 11 is 3.20. The van der Waals surface area contributed by atoms with Crippen molar-refractivity contribution in [1.29, 1.82) is 0 Å². The Hall–Kier alpha value is -1.92. The van der Waals surface area contributed by atoms with Gasteiger partial charge in [-0.05, 0) is 41.6 Å². The van der Waals surface area contributed by atoms with Crippen LogP contribution in [0.5, 0.6) is 0 Å². The van der Waals surface area contributed by atoms with E-state index in [-0.39, 0.29) is 5.91 Å². The van der Waals surface area contributed by atoms with E-state index < -0.39 is 0 Å². The Bertz CT molecular complexity index is 836. The number of carbonyl (C=O) groups excluding carboxylic acids is 1. The molecular weight excluding hydrogens is 302 g/mol. The van der Waals surface area contributed by atoms with Gasteiger partial charge in [0.25, 0.3) is 5.91 Å². The van der Waals surface area contributed by atoms with E-state index in [2.05, 4.69) is 16.4 Å². The van der Waals surface area contributed by atoms with Gasteiger partial charge in [-0.1, -0.05) is 11.3 Å². The number of carbonyl (C=O) groups is 1. The molecule has 0 fully saturated rings. The van der Waals surface area contributed by atoms with Crippen LogP contribution in [0.4, 0.5) is 5.13 Å². The SMILES string of the molecule is Nc1nc2ccc(C(=O)N3CCc4sccc4C3)cc2s1. The van der Waals surface area contributed by atoms with Crippen molar-refractivity contribution in [3.8, 4) is 0 Å². The van der Waals surface area contributed by atoms with Gasteiger partial charge in [0.15, 0.2) is 5.13 Å². The first kappa shape index (κ1) is 12.8. The van der Waals surface area contributed by atoms with Gasteiger partial charge in [-0.25, -0.2) is 4.98 Å². The number of nitrogens with two attached hydrogens (primary N) is 1. The summed E-state index contributed by atoms with van der Waals surface area (Å²) in [6.07, 6.45) is 0.953. The second-order valence-electron chi connectivity index (χ2n) is 5.08. The molecule has 21 heavy (non-hydrogen) atoms. The highest BCUT2D eigenvalue weighted by Crippen LogP contribution is 2.27. The Kier molecular flexibility index (Phi) is 2.94. The molecule has 2 N–H and O–H groups in total. The molecule has 1 aliphatic heterocycles. The molecule has 1 aliphatic rings. The predicted octanol–water partition coefficient (Wildman–Crippen LogP) is 3.14. The fourth-order valence-corrected chi connectivity index (χ4v) is 4.34. The molecule has 0 aliphatic carbocycles. The zero-order valence-electron chi connectivity index (χ0n) is 11.2. The van der Waals surface area contributed by atoms with Crippen molar-refractivity contribution >= 4 is 43.9 Å². The summed E-state index contributed by atoms with van der Waals surface area (Å²) in [5.74, 6) is 0.0840. The number of fused-ring (bicyclic) bond motifs is 2. The van der Waals surface area contributed by atoms with Crippen LogP contribution >= 0.6 is 22.7 Å². The maximum Gasteiger partial charge on any atom is 0.254 e. The first-order chi connectivity index (χ1) is 10.2. The molecule has 3 aromatic rings. The van der Waals surface area contributed by atoms with E-state index in [0.29, 0.717) is 17.2 Å². The van der Waals surface area contributed by atoms with E-state index in [1.54, 1.807) is 11.3 Å². The molecule has 106 valence electrons. The molecule has 1 amide bonds. The van der Waals surface area contributed by atoms with Gasteiger partial charge in [-0.3, -0.25) is 4.79 Å². The molecule has 3 heterocycles. The van der Waals surface area contributed by atoms with Crippen LogP contribution in [-0.2, 0) is 13.0 Å². The fraction of sp³-hybridized carbons (Fsp3) is 0.200. The lowest BCUT2D eigenvalue weighted by Crippen LogP contribution is -2.35. The van der Waals surface area contributed by atoms with E-state index >= 15 is 0 Å². The Balaban J connectivity index is 1.64. The quantitative estimate of drug-likeness (QED) is 0.750. The molecule has 6 heteroatoms. The second kappa shape index (κ2) is 4.82. The second-order valence-corrected chi connectivity index (χ2v) is 7.14. The van der Waals surface area contributed by atoms with Gasteiger partial charge in [-0.15, -0.1) is 11.3 Å². The number of thiazole rings is 1. The van der Waals surface area contributed by atoms with Crippen LogP contribution in [0.1, 0.15) is 20.8 Å². The largest absolute Gasteiger partial charge is 0.375 e. The minimum Gasteiger partial charge on any atom is -0.375 e. The number of benzene rings is 1. The third-order valence-corrected chi connectivity index (χ3v) is 5.62. The lowest BCUT2D eigenvalue weighted by molar-refractivity contribution is 0.0736. The van der Waals surface area contributed by atoms with Crippen molar-refractivity contribution in [2.75, 3.05) is 12.3 Å². The normalized spacial score (nSPS) is 14.4. The van der Waals surface area contributed by atoms with Gasteiger partial charge < -0.3 is 10.6 Å². The first-order valence-electron chi connectivity index (χ1n) is 6.71. The van der Waals surface area contributed by atoms with Crippen LogP contribution < -0.4 is 5.73 Å². The summed E-state index contributed by atoms with van der Waals surface area (Å²) in [5, 5.41) is 2.64. The predicted molar refractivity (Wildman–Crippen MR) is 86.8 cm³/mol. The summed E-state index contributed by atoms with van der Waals surface area (Å²) in [6.45, 7) is 1.50. The molecule has 4 rings (SSSR count). The molecule has 0 unspecified atom stereocenters. The van der Waals surface area contributed by atoms with Gasteiger partial charge >= 0.3 is 0 Å². The lowest BCUT2D eigenvalue weighted by Gasteiger charge is -2.27. The number of nitrogens with zero attached hydrogens (tertiary/aromatic N) is 2. The number of thiophene rings is 1.